The van der Waals surface area contributed by atoms with E-state index in [1.807, 2.05) is 60.4 Å². The Bertz CT molecular complexity index is 669. The normalized spacial score (nSPS) is 13.7. The van der Waals surface area contributed by atoms with Gasteiger partial charge in [-0.3, -0.25) is 4.79 Å². The van der Waals surface area contributed by atoms with Crippen LogP contribution in [0.15, 0.2) is 48.5 Å². The minimum absolute atomic E-state index is 0.0177. The van der Waals surface area contributed by atoms with Gasteiger partial charge in [-0.2, -0.15) is 0 Å². The maximum Gasteiger partial charge on any atom is 0.231 e. The van der Waals surface area contributed by atoms with E-state index in [0.29, 0.717) is 6.54 Å². The Balaban J connectivity index is 1.81. The smallest absolute Gasteiger partial charge is 0.231 e. The maximum absolute atomic E-state index is 12.1. The molecular formula is C18H19NO3. The first-order valence-corrected chi connectivity index (χ1v) is 7.36. The number of carbonyl (C=O) groups is 1. The van der Waals surface area contributed by atoms with Crippen LogP contribution in [0.3, 0.4) is 0 Å². The molecule has 1 amide bonds. The van der Waals surface area contributed by atoms with Crippen molar-refractivity contribution in [1.82, 2.24) is 4.90 Å². The quantitative estimate of drug-likeness (QED) is 0.866. The van der Waals surface area contributed by atoms with E-state index in [1.54, 1.807) is 6.92 Å². The van der Waals surface area contributed by atoms with Gasteiger partial charge in [-0.1, -0.05) is 36.4 Å². The van der Waals surface area contributed by atoms with Crippen LogP contribution in [-0.2, 0) is 11.3 Å². The summed E-state index contributed by atoms with van der Waals surface area (Å²) in [5.41, 5.74) is 2.15. The lowest BCUT2D eigenvalue weighted by atomic mass is 10.1. The summed E-state index contributed by atoms with van der Waals surface area (Å²) < 4.78 is 10.7. The van der Waals surface area contributed by atoms with Crippen LogP contribution in [-0.4, -0.2) is 17.6 Å². The SMILES string of the molecule is CC(=O)N(Cc1ccc2c(c1)OCO2)[C@@H](C)c1ccccc1. The summed E-state index contributed by atoms with van der Waals surface area (Å²) in [6, 6.07) is 15.9. The molecule has 1 aliphatic rings. The Morgan fingerprint density at radius 1 is 1.14 bits per heavy atom. The summed E-state index contributed by atoms with van der Waals surface area (Å²) in [5, 5.41) is 0. The van der Waals surface area contributed by atoms with Crippen molar-refractivity contribution in [1.29, 1.82) is 0 Å². The average Bonchev–Trinajstić information content (AvgIpc) is 3.00. The number of hydrogen-bond donors (Lipinski definition) is 0. The molecule has 0 saturated carbocycles. The minimum atomic E-state index is 0.0177. The van der Waals surface area contributed by atoms with E-state index in [4.69, 9.17) is 9.47 Å². The van der Waals surface area contributed by atoms with Gasteiger partial charge in [-0.15, -0.1) is 0 Å². The van der Waals surface area contributed by atoms with E-state index in [1.165, 1.54) is 0 Å². The molecule has 1 heterocycles. The zero-order valence-corrected chi connectivity index (χ0v) is 12.8. The molecule has 114 valence electrons. The van der Waals surface area contributed by atoms with Crippen LogP contribution in [0.4, 0.5) is 0 Å². The molecule has 0 aliphatic carbocycles. The Hall–Kier alpha value is -2.49. The third-order valence-electron chi connectivity index (χ3n) is 3.94. The highest BCUT2D eigenvalue weighted by Gasteiger charge is 2.20. The number of nitrogens with zero attached hydrogens (tertiary/aromatic N) is 1. The first kappa shape index (κ1) is 14.4. The number of benzene rings is 2. The van der Waals surface area contributed by atoms with E-state index >= 15 is 0 Å². The molecule has 0 spiro atoms. The number of rotatable bonds is 4. The molecule has 0 aromatic heterocycles. The summed E-state index contributed by atoms with van der Waals surface area (Å²) in [6.45, 7) is 4.45. The van der Waals surface area contributed by atoms with E-state index in [0.717, 1.165) is 22.6 Å². The molecule has 2 aromatic rings. The van der Waals surface area contributed by atoms with Crippen LogP contribution >= 0.6 is 0 Å². The van der Waals surface area contributed by atoms with Gasteiger partial charge in [0.1, 0.15) is 0 Å². The lowest BCUT2D eigenvalue weighted by molar-refractivity contribution is -0.131. The molecule has 0 unspecified atom stereocenters. The van der Waals surface area contributed by atoms with Gasteiger partial charge in [-0.25, -0.2) is 0 Å². The molecule has 0 saturated heterocycles. The molecule has 3 rings (SSSR count). The fraction of sp³-hybridized carbons (Fsp3) is 0.278. The molecule has 4 heteroatoms. The maximum atomic E-state index is 12.1. The predicted octanol–water partition coefficient (Wildman–Crippen LogP) is 3.53. The number of hydrogen-bond acceptors (Lipinski definition) is 3. The summed E-state index contributed by atoms with van der Waals surface area (Å²) in [6.07, 6.45) is 0. The first-order chi connectivity index (χ1) is 10.6. The molecule has 4 nitrogen and oxygen atoms in total. The van der Waals surface area contributed by atoms with Crippen molar-refractivity contribution in [3.8, 4) is 11.5 Å². The van der Waals surface area contributed by atoms with Gasteiger partial charge in [0.2, 0.25) is 12.7 Å². The summed E-state index contributed by atoms with van der Waals surface area (Å²) in [5.74, 6) is 1.55. The summed E-state index contributed by atoms with van der Waals surface area (Å²) in [7, 11) is 0. The van der Waals surface area contributed by atoms with Crippen molar-refractivity contribution in [2.24, 2.45) is 0 Å². The van der Waals surface area contributed by atoms with Crippen molar-refractivity contribution < 1.29 is 14.3 Å². The zero-order valence-electron chi connectivity index (χ0n) is 12.8. The molecule has 22 heavy (non-hydrogen) atoms. The average molecular weight is 297 g/mol. The molecule has 2 aromatic carbocycles. The lowest BCUT2D eigenvalue weighted by Gasteiger charge is -2.28. The second kappa shape index (κ2) is 6.10. The topological polar surface area (TPSA) is 38.8 Å². The van der Waals surface area contributed by atoms with Crippen LogP contribution in [0.5, 0.6) is 11.5 Å². The van der Waals surface area contributed by atoms with E-state index in [2.05, 4.69) is 0 Å². The van der Waals surface area contributed by atoms with Crippen molar-refractivity contribution in [2.75, 3.05) is 6.79 Å². The monoisotopic (exact) mass is 297 g/mol. The largest absolute Gasteiger partial charge is 0.454 e. The standard InChI is InChI=1S/C18H19NO3/c1-13(16-6-4-3-5-7-16)19(14(2)20)11-15-8-9-17-18(10-15)22-12-21-17/h3-10,13H,11-12H2,1-2H3/t13-/m0/s1. The van der Waals surface area contributed by atoms with Crippen molar-refractivity contribution in [2.45, 2.75) is 26.4 Å². The highest BCUT2D eigenvalue weighted by atomic mass is 16.7. The molecule has 0 radical (unpaired) electrons. The fourth-order valence-electron chi connectivity index (χ4n) is 2.67. The Labute approximate surface area is 130 Å². The van der Waals surface area contributed by atoms with Crippen LogP contribution in [0.25, 0.3) is 0 Å². The molecular weight excluding hydrogens is 278 g/mol. The van der Waals surface area contributed by atoms with Crippen LogP contribution in [0.2, 0.25) is 0 Å². The highest BCUT2D eigenvalue weighted by molar-refractivity contribution is 5.73. The van der Waals surface area contributed by atoms with Gasteiger partial charge in [0.25, 0.3) is 0 Å². The van der Waals surface area contributed by atoms with Gasteiger partial charge in [0, 0.05) is 13.5 Å². The van der Waals surface area contributed by atoms with Gasteiger partial charge in [0.15, 0.2) is 11.5 Å². The Morgan fingerprint density at radius 3 is 2.59 bits per heavy atom. The molecule has 0 fully saturated rings. The van der Waals surface area contributed by atoms with E-state index in [9.17, 15) is 4.79 Å². The van der Waals surface area contributed by atoms with Gasteiger partial charge < -0.3 is 14.4 Å². The van der Waals surface area contributed by atoms with Crippen LogP contribution in [0.1, 0.15) is 31.0 Å². The molecule has 1 aliphatic heterocycles. The van der Waals surface area contributed by atoms with Gasteiger partial charge >= 0.3 is 0 Å². The van der Waals surface area contributed by atoms with Crippen LogP contribution < -0.4 is 9.47 Å². The molecule has 0 N–H and O–H groups in total. The Kier molecular flexibility index (Phi) is 4.00. The third-order valence-corrected chi connectivity index (χ3v) is 3.94. The van der Waals surface area contributed by atoms with Gasteiger partial charge in [0.05, 0.1) is 6.04 Å². The highest BCUT2D eigenvalue weighted by Crippen LogP contribution is 2.33. The molecule has 1 atom stereocenters. The van der Waals surface area contributed by atoms with Gasteiger partial charge in [-0.05, 0) is 30.2 Å². The van der Waals surface area contributed by atoms with Crippen molar-refractivity contribution in [3.63, 3.8) is 0 Å². The molecule has 0 bridgehead atoms. The predicted molar refractivity (Wildman–Crippen MR) is 83.6 cm³/mol. The second-order valence-corrected chi connectivity index (χ2v) is 5.42. The fourth-order valence-corrected chi connectivity index (χ4v) is 2.67. The van der Waals surface area contributed by atoms with E-state index < -0.39 is 0 Å². The zero-order chi connectivity index (χ0) is 15.5. The number of fused-ring (bicyclic) bond motifs is 1. The van der Waals surface area contributed by atoms with Crippen LogP contribution in [0, 0.1) is 0 Å². The number of carbonyl (C=O) groups excluding carboxylic acids is 1. The lowest BCUT2D eigenvalue weighted by Crippen LogP contribution is -2.31. The minimum Gasteiger partial charge on any atom is -0.454 e. The Morgan fingerprint density at radius 2 is 1.86 bits per heavy atom. The van der Waals surface area contributed by atoms with Crippen molar-refractivity contribution >= 4 is 5.91 Å². The second-order valence-electron chi connectivity index (χ2n) is 5.42. The van der Waals surface area contributed by atoms with Crippen molar-refractivity contribution in [3.05, 3.63) is 59.7 Å². The summed E-state index contributed by atoms with van der Waals surface area (Å²) in [4.78, 5) is 13.9. The first-order valence-electron chi connectivity index (χ1n) is 7.36. The third kappa shape index (κ3) is 2.91. The number of amides is 1. The number of ether oxygens (including phenoxy) is 2. The van der Waals surface area contributed by atoms with E-state index in [-0.39, 0.29) is 18.7 Å². The summed E-state index contributed by atoms with van der Waals surface area (Å²) >= 11 is 0.